The first-order chi connectivity index (χ1) is 28.0. The van der Waals surface area contributed by atoms with Crippen LogP contribution in [-0.4, -0.2) is 15.8 Å². The number of H-pyrrole nitrogens is 1. The fourth-order valence-corrected chi connectivity index (χ4v) is 9.79. The van der Waals surface area contributed by atoms with Crippen LogP contribution >= 0.6 is 0 Å². The highest BCUT2D eigenvalue weighted by molar-refractivity contribution is 6.01. The van der Waals surface area contributed by atoms with Crippen LogP contribution in [0.3, 0.4) is 0 Å². The van der Waals surface area contributed by atoms with Crippen LogP contribution in [0.25, 0.3) is 44.5 Å². The number of rotatable bonds is 8. The molecule has 10 rings (SSSR count). The van der Waals surface area contributed by atoms with Gasteiger partial charge >= 0.3 is 0 Å². The van der Waals surface area contributed by atoms with Gasteiger partial charge < -0.3 is 10.1 Å². The summed E-state index contributed by atoms with van der Waals surface area (Å²) in [6, 6.07) is 65.2. The Labute approximate surface area is 334 Å². The molecular weight excluding hydrogens is 693 g/mol. The predicted octanol–water partition coefficient (Wildman–Crippen LogP) is 11.4. The normalized spacial score (nSPS) is 17.0. The van der Waals surface area contributed by atoms with Crippen LogP contribution in [0.2, 0.25) is 0 Å². The number of aliphatic hydroxyl groups is 1. The van der Waals surface area contributed by atoms with Crippen molar-refractivity contribution in [1.29, 1.82) is 0 Å². The molecular formula is C54H44N2O. The minimum Gasteiger partial charge on any atom is -0.511 e. The molecule has 2 N–H and O–H groups in total. The summed E-state index contributed by atoms with van der Waals surface area (Å²) in [7, 11) is 0. The van der Waals surface area contributed by atoms with Crippen LogP contribution in [0.5, 0.6) is 0 Å². The molecule has 1 heterocycles. The van der Waals surface area contributed by atoms with E-state index in [1.165, 1.54) is 44.5 Å². The van der Waals surface area contributed by atoms with Gasteiger partial charge in [-0.05, 0) is 93.1 Å². The van der Waals surface area contributed by atoms with Gasteiger partial charge in [0, 0.05) is 21.8 Å². The first kappa shape index (κ1) is 34.8. The molecule has 7 aromatic carbocycles. The van der Waals surface area contributed by atoms with Crippen molar-refractivity contribution in [3.05, 3.63) is 226 Å². The number of nitrogens with zero attached hydrogens (tertiary/aromatic N) is 1. The lowest BCUT2D eigenvalue weighted by atomic mass is 9.60. The van der Waals surface area contributed by atoms with Gasteiger partial charge in [-0.3, -0.25) is 4.99 Å². The highest BCUT2D eigenvalue weighted by Gasteiger charge is 2.51. The third kappa shape index (κ3) is 5.44. The van der Waals surface area contributed by atoms with E-state index in [0.717, 1.165) is 50.3 Å². The van der Waals surface area contributed by atoms with Crippen LogP contribution in [0.15, 0.2) is 187 Å². The first-order valence-corrected chi connectivity index (χ1v) is 20.1. The fourth-order valence-electron chi connectivity index (χ4n) is 9.79. The zero-order chi connectivity index (χ0) is 38.6. The number of hydrogen-bond acceptors (Lipinski definition) is 2. The second kappa shape index (κ2) is 13.8. The molecule has 1 aromatic heterocycles. The molecule has 1 unspecified atom stereocenters. The quantitative estimate of drug-likeness (QED) is 0.150. The Hall–Kier alpha value is -6.71. The smallest absolute Gasteiger partial charge is 0.113 e. The standard InChI is InChI=1S/C54H44N2O/c1-3-48(39-30-28-38(29-31-39)37-17-7-4-8-18-37)55-35-36-27-32-49-44(33-36)50-51(56-49)47(34-53(2,52(50)57)40-19-9-5-10-20-40)54(41-21-11-6-12-22-41)45-25-15-13-23-42(45)43-24-14-16-26-46(43)54/h4-33,56-57H,3,34-35H2,1-2H3. The summed E-state index contributed by atoms with van der Waals surface area (Å²) in [5, 5.41) is 15.7. The van der Waals surface area contributed by atoms with Crippen molar-refractivity contribution >= 4 is 27.9 Å². The van der Waals surface area contributed by atoms with Crippen molar-refractivity contribution in [2.24, 2.45) is 4.99 Å². The number of aliphatic hydroxyl groups excluding tert-OH is 1. The highest BCUT2D eigenvalue weighted by atomic mass is 16.3. The van der Waals surface area contributed by atoms with Crippen molar-refractivity contribution in [1.82, 2.24) is 4.98 Å². The number of aliphatic imine (C=N–C) groups is 1. The summed E-state index contributed by atoms with van der Waals surface area (Å²) in [5.74, 6) is 0.398. The summed E-state index contributed by atoms with van der Waals surface area (Å²) in [6.45, 7) is 4.93. The number of fused-ring (bicyclic) bond motifs is 6. The summed E-state index contributed by atoms with van der Waals surface area (Å²) in [6.07, 6.45) is 1.46. The lowest BCUT2D eigenvalue weighted by Crippen LogP contribution is -2.47. The maximum absolute atomic E-state index is 12.8. The molecule has 0 aliphatic heterocycles. The van der Waals surface area contributed by atoms with Crippen molar-refractivity contribution in [2.45, 2.75) is 44.1 Å². The molecule has 2 aliphatic rings. The Morgan fingerprint density at radius 2 is 1.19 bits per heavy atom. The van der Waals surface area contributed by atoms with Crippen LogP contribution in [0, 0.1) is 0 Å². The molecule has 2 aliphatic carbocycles. The summed E-state index contributed by atoms with van der Waals surface area (Å²) in [5.41, 5.74) is 14.1. The van der Waals surface area contributed by atoms with E-state index in [1.54, 1.807) is 0 Å². The van der Waals surface area contributed by atoms with E-state index in [2.05, 4.69) is 195 Å². The van der Waals surface area contributed by atoms with Gasteiger partial charge in [0.1, 0.15) is 5.76 Å². The highest BCUT2D eigenvalue weighted by Crippen LogP contribution is 2.59. The summed E-state index contributed by atoms with van der Waals surface area (Å²) >= 11 is 0. The van der Waals surface area contributed by atoms with E-state index in [-0.39, 0.29) is 0 Å². The third-order valence-corrected chi connectivity index (χ3v) is 12.6. The number of aromatic nitrogens is 1. The van der Waals surface area contributed by atoms with Gasteiger partial charge in [0.15, 0.2) is 0 Å². The summed E-state index contributed by atoms with van der Waals surface area (Å²) in [4.78, 5) is 9.11. The first-order valence-electron chi connectivity index (χ1n) is 20.1. The van der Waals surface area contributed by atoms with Gasteiger partial charge in [-0.15, -0.1) is 0 Å². The number of aromatic amines is 1. The lowest BCUT2D eigenvalue weighted by molar-refractivity contribution is 0.394. The van der Waals surface area contributed by atoms with E-state index in [1.807, 2.05) is 6.07 Å². The fraction of sp³-hybridized carbons (Fsp3) is 0.130. The maximum atomic E-state index is 12.8. The minimum atomic E-state index is -0.692. The average molecular weight is 737 g/mol. The van der Waals surface area contributed by atoms with E-state index >= 15 is 0 Å². The lowest BCUT2D eigenvalue weighted by Gasteiger charge is -2.42. The average Bonchev–Trinajstić information content (AvgIpc) is 3.81. The molecule has 3 nitrogen and oxygen atoms in total. The molecule has 0 spiro atoms. The van der Waals surface area contributed by atoms with Crippen LogP contribution < -0.4 is 10.6 Å². The predicted molar refractivity (Wildman–Crippen MR) is 236 cm³/mol. The van der Waals surface area contributed by atoms with E-state index in [4.69, 9.17) is 4.99 Å². The molecule has 3 heteroatoms. The Morgan fingerprint density at radius 1 is 0.632 bits per heavy atom. The van der Waals surface area contributed by atoms with E-state index in [0.29, 0.717) is 18.7 Å². The van der Waals surface area contributed by atoms with Crippen LogP contribution in [0.1, 0.15) is 60.1 Å². The van der Waals surface area contributed by atoms with Gasteiger partial charge in [-0.2, -0.15) is 0 Å². The monoisotopic (exact) mass is 736 g/mol. The van der Waals surface area contributed by atoms with Crippen LogP contribution in [0.4, 0.5) is 0 Å². The van der Waals surface area contributed by atoms with E-state index < -0.39 is 10.8 Å². The van der Waals surface area contributed by atoms with Crippen molar-refractivity contribution in [2.75, 3.05) is 0 Å². The molecule has 57 heavy (non-hydrogen) atoms. The molecule has 0 fully saturated rings. The second-order valence-electron chi connectivity index (χ2n) is 15.7. The molecule has 0 amide bonds. The number of nitrogens with one attached hydrogen (secondary N) is 1. The third-order valence-electron chi connectivity index (χ3n) is 12.6. The number of hydrogen-bond donors (Lipinski definition) is 2. The van der Waals surface area contributed by atoms with E-state index in [9.17, 15) is 5.11 Å². The molecule has 276 valence electrons. The van der Waals surface area contributed by atoms with Crippen LogP contribution in [-0.2, 0) is 17.4 Å². The molecule has 0 saturated heterocycles. The largest absolute Gasteiger partial charge is 0.511 e. The minimum absolute atomic E-state index is 0.398. The Kier molecular flexibility index (Phi) is 8.41. The Balaban J connectivity index is 1.19. The Bertz CT molecular complexity index is 2900. The molecule has 0 radical (unpaired) electrons. The maximum Gasteiger partial charge on any atom is 0.113 e. The topological polar surface area (TPSA) is 48.4 Å². The molecule has 8 aromatic rings. The van der Waals surface area contributed by atoms with Gasteiger partial charge in [0.2, 0.25) is 0 Å². The van der Waals surface area contributed by atoms with Crippen molar-refractivity contribution < 1.29 is 5.11 Å². The van der Waals surface area contributed by atoms with Gasteiger partial charge in [0.05, 0.1) is 22.7 Å². The zero-order valence-corrected chi connectivity index (χ0v) is 32.3. The van der Waals surface area contributed by atoms with Crippen molar-refractivity contribution in [3.8, 4) is 22.3 Å². The molecule has 1 atom stereocenters. The molecule has 0 saturated carbocycles. The van der Waals surface area contributed by atoms with Gasteiger partial charge in [-0.25, -0.2) is 0 Å². The second-order valence-corrected chi connectivity index (χ2v) is 15.7. The SMILES string of the molecule is CCC(=NCc1ccc2[nH]c3c(c2c1)=C(O)C(C)(c1ccccc1)CC=3C1(c2ccccc2)c2ccccc2-c2ccccc21)c1ccc(-c2ccccc2)cc1. The van der Waals surface area contributed by atoms with Crippen molar-refractivity contribution in [3.63, 3.8) is 0 Å². The zero-order valence-electron chi connectivity index (χ0n) is 32.3. The molecule has 0 bridgehead atoms. The summed E-state index contributed by atoms with van der Waals surface area (Å²) < 4.78 is 0. The number of benzene rings is 7. The van der Waals surface area contributed by atoms with Gasteiger partial charge in [0.25, 0.3) is 0 Å². The van der Waals surface area contributed by atoms with Gasteiger partial charge in [-0.1, -0.05) is 177 Å². The Morgan fingerprint density at radius 3 is 1.82 bits per heavy atom.